The van der Waals surface area contributed by atoms with Gasteiger partial charge in [-0.2, -0.15) is 23.4 Å². The highest BCUT2D eigenvalue weighted by atomic mass is 32.2. The Balaban J connectivity index is 1.40. The molecule has 6 rings (SSSR count). The van der Waals surface area contributed by atoms with E-state index in [1.165, 1.54) is 29.2 Å². The minimum absolute atomic E-state index is 0.0722. The maximum atomic E-state index is 14.1. The normalized spacial score (nSPS) is 20.8. The van der Waals surface area contributed by atoms with Crippen LogP contribution in [-0.2, 0) is 29.5 Å². The fraction of sp³-hybridized carbons (Fsp3) is 0.333. The average Bonchev–Trinajstić information content (AvgIpc) is 3.67. The van der Waals surface area contributed by atoms with Gasteiger partial charge < -0.3 is 0 Å². The number of nitrogens with zero attached hydrogens (tertiary/aromatic N) is 5. The molecule has 2 aliphatic carbocycles. The first-order chi connectivity index (χ1) is 19.4. The predicted molar refractivity (Wildman–Crippen MR) is 142 cm³/mol. The first-order valence-corrected chi connectivity index (χ1v) is 15.2. The lowest BCUT2D eigenvalue weighted by Crippen LogP contribution is -2.43. The van der Waals surface area contributed by atoms with Gasteiger partial charge in [0.05, 0.1) is 41.1 Å². The van der Waals surface area contributed by atoms with Crippen molar-refractivity contribution in [1.29, 1.82) is 0 Å². The summed E-state index contributed by atoms with van der Waals surface area (Å²) in [5.41, 5.74) is 1.38. The standard InChI is InChI=1S/C27H23F4N5O3S2/c1-35-14-21(12-33-35)41(38,39)15-16-2-3-18-8-22-17(11-34-36(22)20-6-4-19(28)5-7-20)10-26(18,9-16)24(37)25-32-13-23(40-25)27(29,30)31/h4-8,11-14,16H,2-3,9-10,15H2,1H3/t16?,26-/m1/s1. The summed E-state index contributed by atoms with van der Waals surface area (Å²) < 4.78 is 83.0. The van der Waals surface area contributed by atoms with E-state index in [1.807, 2.05) is 6.08 Å². The Bertz CT molecular complexity index is 1790. The molecule has 0 N–H and O–H groups in total. The molecule has 8 nitrogen and oxygen atoms in total. The van der Waals surface area contributed by atoms with E-state index >= 15 is 0 Å². The van der Waals surface area contributed by atoms with Gasteiger partial charge in [0, 0.05) is 13.2 Å². The van der Waals surface area contributed by atoms with Crippen molar-refractivity contribution in [3.05, 3.63) is 81.6 Å². The number of fused-ring (bicyclic) bond motifs is 2. The SMILES string of the molecule is Cn1cc(S(=O)(=O)CC2CCC3=Cc4c(cnn4-c4ccc(F)cc4)C[C@]3(C(=O)c3ncc(C(F)(F)F)s3)C2)cn1. The molecule has 0 saturated heterocycles. The molecule has 3 aromatic heterocycles. The monoisotopic (exact) mass is 605 g/mol. The van der Waals surface area contributed by atoms with Crippen LogP contribution in [0.2, 0.25) is 0 Å². The van der Waals surface area contributed by atoms with Crippen LogP contribution in [0.1, 0.15) is 45.2 Å². The van der Waals surface area contributed by atoms with E-state index in [0.29, 0.717) is 52.9 Å². The zero-order valence-electron chi connectivity index (χ0n) is 21.6. The lowest BCUT2D eigenvalue weighted by molar-refractivity contribution is -0.134. The lowest BCUT2D eigenvalue weighted by atomic mass is 9.60. The molecular weight excluding hydrogens is 582 g/mol. The maximum absolute atomic E-state index is 14.1. The predicted octanol–water partition coefficient (Wildman–Crippen LogP) is 5.30. The van der Waals surface area contributed by atoms with Crippen LogP contribution in [-0.4, -0.2) is 44.5 Å². The third-order valence-electron chi connectivity index (χ3n) is 7.74. The number of sulfone groups is 1. The van der Waals surface area contributed by atoms with Crippen molar-refractivity contribution in [2.45, 2.75) is 36.8 Å². The topological polar surface area (TPSA) is 99.7 Å². The number of benzene rings is 1. The van der Waals surface area contributed by atoms with Crippen molar-refractivity contribution >= 4 is 33.0 Å². The Labute approximate surface area is 236 Å². The van der Waals surface area contributed by atoms with Crippen molar-refractivity contribution in [3.63, 3.8) is 0 Å². The van der Waals surface area contributed by atoms with Gasteiger partial charge in [-0.3, -0.25) is 9.48 Å². The molecule has 0 aliphatic heterocycles. The number of rotatable bonds is 6. The molecule has 3 heterocycles. The minimum atomic E-state index is -4.64. The first kappa shape index (κ1) is 27.5. The number of allylic oxidation sites excluding steroid dienone is 1. The quantitative estimate of drug-likeness (QED) is 0.218. The molecule has 2 aliphatic rings. The number of aryl methyl sites for hydroxylation is 1. The third-order valence-corrected chi connectivity index (χ3v) is 10.6. The van der Waals surface area contributed by atoms with Crippen molar-refractivity contribution in [2.24, 2.45) is 18.4 Å². The highest BCUT2D eigenvalue weighted by Gasteiger charge is 2.51. The molecule has 1 saturated carbocycles. The summed E-state index contributed by atoms with van der Waals surface area (Å²) in [5, 5.41) is 8.12. The van der Waals surface area contributed by atoms with Crippen LogP contribution < -0.4 is 0 Å². The van der Waals surface area contributed by atoms with E-state index in [2.05, 4.69) is 15.2 Å². The minimum Gasteiger partial charge on any atom is -0.290 e. The third kappa shape index (κ3) is 4.92. The smallest absolute Gasteiger partial charge is 0.290 e. The van der Waals surface area contributed by atoms with E-state index in [1.54, 1.807) is 30.1 Å². The van der Waals surface area contributed by atoms with Gasteiger partial charge >= 0.3 is 6.18 Å². The molecule has 1 unspecified atom stereocenters. The number of ketones is 1. The van der Waals surface area contributed by atoms with Crippen molar-refractivity contribution in [3.8, 4) is 5.69 Å². The van der Waals surface area contributed by atoms with Gasteiger partial charge in [0.1, 0.15) is 15.6 Å². The molecule has 4 aromatic rings. The molecule has 214 valence electrons. The first-order valence-electron chi connectivity index (χ1n) is 12.7. The number of hydrogen-bond acceptors (Lipinski definition) is 7. The van der Waals surface area contributed by atoms with Crippen LogP contribution in [0.4, 0.5) is 17.6 Å². The Kier molecular flexibility index (Phi) is 6.53. The summed E-state index contributed by atoms with van der Waals surface area (Å²) in [5.74, 6) is -1.63. The van der Waals surface area contributed by atoms with Crippen LogP contribution in [0.3, 0.4) is 0 Å². The van der Waals surface area contributed by atoms with E-state index in [4.69, 9.17) is 0 Å². The molecule has 41 heavy (non-hydrogen) atoms. The number of Topliss-reactive ketones (excluding diaryl/α,β-unsaturated/α-hetero) is 1. The fourth-order valence-electron chi connectivity index (χ4n) is 5.82. The van der Waals surface area contributed by atoms with Crippen LogP contribution >= 0.6 is 11.3 Å². The van der Waals surface area contributed by atoms with Crippen LogP contribution in [0, 0.1) is 17.2 Å². The summed E-state index contributed by atoms with van der Waals surface area (Å²) in [6, 6.07) is 5.76. The van der Waals surface area contributed by atoms with Gasteiger partial charge in [0.2, 0.25) is 5.78 Å². The number of halogens is 4. The Morgan fingerprint density at radius 2 is 1.90 bits per heavy atom. The van der Waals surface area contributed by atoms with E-state index in [-0.39, 0.29) is 28.5 Å². The number of alkyl halides is 3. The number of thiazole rings is 1. The summed E-state index contributed by atoms with van der Waals surface area (Å²) in [7, 11) is -2.12. The number of carbonyl (C=O) groups is 1. The maximum Gasteiger partial charge on any atom is 0.427 e. The molecule has 1 aromatic carbocycles. The van der Waals surface area contributed by atoms with Gasteiger partial charge in [0.15, 0.2) is 14.8 Å². The van der Waals surface area contributed by atoms with E-state index in [9.17, 15) is 30.8 Å². The molecule has 0 radical (unpaired) electrons. The Hall–Kier alpha value is -3.65. The highest BCUT2D eigenvalue weighted by molar-refractivity contribution is 7.91. The molecule has 2 atom stereocenters. The summed E-state index contributed by atoms with van der Waals surface area (Å²) >= 11 is 0.292. The number of aromatic nitrogens is 5. The average molecular weight is 606 g/mol. The van der Waals surface area contributed by atoms with Gasteiger partial charge in [-0.05, 0) is 67.5 Å². The van der Waals surface area contributed by atoms with Crippen molar-refractivity contribution in [2.75, 3.05) is 5.75 Å². The Morgan fingerprint density at radius 3 is 2.56 bits per heavy atom. The second-order valence-electron chi connectivity index (χ2n) is 10.5. The zero-order valence-corrected chi connectivity index (χ0v) is 23.2. The van der Waals surface area contributed by atoms with Crippen LogP contribution in [0.5, 0.6) is 0 Å². The van der Waals surface area contributed by atoms with Gasteiger partial charge in [-0.1, -0.05) is 5.57 Å². The van der Waals surface area contributed by atoms with Gasteiger partial charge in [-0.25, -0.2) is 22.5 Å². The summed E-state index contributed by atoms with van der Waals surface area (Å²) in [6.07, 6.45) is 3.18. The van der Waals surface area contributed by atoms with Gasteiger partial charge in [-0.15, -0.1) is 11.3 Å². The molecule has 0 amide bonds. The van der Waals surface area contributed by atoms with Crippen molar-refractivity contribution in [1.82, 2.24) is 24.5 Å². The molecule has 0 spiro atoms. The van der Waals surface area contributed by atoms with E-state index < -0.39 is 43.8 Å². The molecule has 0 bridgehead atoms. The number of carbonyl (C=O) groups excluding carboxylic acids is 1. The van der Waals surface area contributed by atoms with Gasteiger partial charge in [0.25, 0.3) is 0 Å². The Morgan fingerprint density at radius 1 is 1.15 bits per heavy atom. The van der Waals surface area contributed by atoms with Crippen molar-refractivity contribution < 1.29 is 30.8 Å². The summed E-state index contributed by atoms with van der Waals surface area (Å²) in [4.78, 5) is 17.1. The summed E-state index contributed by atoms with van der Waals surface area (Å²) in [6.45, 7) is 0. The zero-order chi connectivity index (χ0) is 29.2. The number of hydrogen-bond donors (Lipinski definition) is 0. The van der Waals surface area contributed by atoms with E-state index in [0.717, 1.165) is 0 Å². The largest absolute Gasteiger partial charge is 0.427 e. The molecule has 14 heteroatoms. The highest BCUT2D eigenvalue weighted by Crippen LogP contribution is 2.52. The molecular formula is C27H23F4N5O3S2. The molecule has 1 fully saturated rings. The lowest BCUT2D eigenvalue weighted by Gasteiger charge is -2.43. The second kappa shape index (κ2) is 9.72. The van der Waals surface area contributed by atoms with Crippen LogP contribution in [0.15, 0.2) is 59.5 Å². The second-order valence-corrected chi connectivity index (χ2v) is 13.5. The fourth-order valence-corrected chi connectivity index (χ4v) is 8.26. The van der Waals surface area contributed by atoms with Crippen LogP contribution in [0.25, 0.3) is 11.8 Å².